The van der Waals surface area contributed by atoms with E-state index in [1.807, 2.05) is 0 Å². The highest BCUT2D eigenvalue weighted by Crippen LogP contribution is 2.28. The summed E-state index contributed by atoms with van der Waals surface area (Å²) in [6.45, 7) is 3.35. The van der Waals surface area contributed by atoms with E-state index >= 15 is 0 Å². The third-order valence-electron chi connectivity index (χ3n) is 3.85. The summed E-state index contributed by atoms with van der Waals surface area (Å²) in [6.07, 6.45) is 7.35. The molecule has 2 fully saturated rings. The van der Waals surface area contributed by atoms with Crippen LogP contribution in [0.1, 0.15) is 44.9 Å². The summed E-state index contributed by atoms with van der Waals surface area (Å²) in [4.78, 5) is 15.7. The lowest BCUT2D eigenvalue weighted by atomic mass is 10.3. The standard InChI is InChI=1S/C16H30N4O2/c1-17-16(19-10-3-11-22-12-13-5-6-13)18-9-2-4-15(21)20-14-7-8-14/h13-14H,2-12H2,1H3,(H,20,21)(H2,17,18,19). The molecular weight excluding hydrogens is 280 g/mol. The predicted octanol–water partition coefficient (Wildman–Crippen LogP) is 1.03. The van der Waals surface area contributed by atoms with Crippen LogP contribution in [-0.4, -0.2) is 51.3 Å². The minimum absolute atomic E-state index is 0.167. The molecule has 0 aromatic carbocycles. The van der Waals surface area contributed by atoms with Gasteiger partial charge < -0.3 is 20.7 Å². The Hall–Kier alpha value is -1.30. The average molecular weight is 310 g/mol. The van der Waals surface area contributed by atoms with Crippen LogP contribution in [0, 0.1) is 5.92 Å². The molecule has 2 rings (SSSR count). The Morgan fingerprint density at radius 2 is 1.86 bits per heavy atom. The fourth-order valence-electron chi connectivity index (χ4n) is 2.12. The number of guanidine groups is 1. The number of nitrogens with zero attached hydrogens (tertiary/aromatic N) is 1. The topological polar surface area (TPSA) is 74.8 Å². The summed E-state index contributed by atoms with van der Waals surface area (Å²) in [6, 6.07) is 0.456. The van der Waals surface area contributed by atoms with Gasteiger partial charge in [0.1, 0.15) is 0 Å². The van der Waals surface area contributed by atoms with E-state index in [4.69, 9.17) is 4.74 Å². The first-order valence-corrected chi connectivity index (χ1v) is 8.59. The lowest BCUT2D eigenvalue weighted by Crippen LogP contribution is -2.38. The molecule has 0 atom stereocenters. The van der Waals surface area contributed by atoms with Crippen molar-refractivity contribution in [2.24, 2.45) is 10.9 Å². The van der Waals surface area contributed by atoms with Gasteiger partial charge in [0, 0.05) is 45.8 Å². The maximum absolute atomic E-state index is 11.5. The number of carbonyl (C=O) groups excluding carboxylic acids is 1. The molecule has 22 heavy (non-hydrogen) atoms. The van der Waals surface area contributed by atoms with Gasteiger partial charge in [0.15, 0.2) is 5.96 Å². The Morgan fingerprint density at radius 1 is 1.14 bits per heavy atom. The van der Waals surface area contributed by atoms with Gasteiger partial charge in [-0.15, -0.1) is 0 Å². The van der Waals surface area contributed by atoms with E-state index in [-0.39, 0.29) is 5.91 Å². The molecule has 0 radical (unpaired) electrons. The second-order valence-corrected chi connectivity index (χ2v) is 6.24. The first-order valence-electron chi connectivity index (χ1n) is 8.59. The van der Waals surface area contributed by atoms with Gasteiger partial charge in [0.25, 0.3) is 0 Å². The summed E-state index contributed by atoms with van der Waals surface area (Å²) < 4.78 is 5.59. The zero-order valence-electron chi connectivity index (χ0n) is 13.7. The molecule has 1 amide bonds. The predicted molar refractivity (Wildman–Crippen MR) is 87.9 cm³/mol. The molecule has 126 valence electrons. The molecule has 0 unspecified atom stereocenters. The minimum atomic E-state index is 0.167. The van der Waals surface area contributed by atoms with E-state index in [0.717, 1.165) is 63.9 Å². The van der Waals surface area contributed by atoms with E-state index in [1.54, 1.807) is 7.05 Å². The molecule has 0 spiro atoms. The molecule has 0 aromatic rings. The number of hydrogen-bond donors (Lipinski definition) is 3. The Morgan fingerprint density at radius 3 is 2.50 bits per heavy atom. The second kappa shape index (κ2) is 9.66. The molecule has 0 bridgehead atoms. The van der Waals surface area contributed by atoms with Gasteiger partial charge in [0.05, 0.1) is 0 Å². The second-order valence-electron chi connectivity index (χ2n) is 6.24. The van der Waals surface area contributed by atoms with E-state index in [0.29, 0.717) is 12.5 Å². The lowest BCUT2D eigenvalue weighted by Gasteiger charge is -2.12. The van der Waals surface area contributed by atoms with E-state index in [9.17, 15) is 4.79 Å². The number of carbonyl (C=O) groups is 1. The molecule has 2 saturated carbocycles. The maximum atomic E-state index is 11.5. The van der Waals surface area contributed by atoms with Gasteiger partial charge in [-0.05, 0) is 44.4 Å². The van der Waals surface area contributed by atoms with Gasteiger partial charge >= 0.3 is 0 Å². The van der Waals surface area contributed by atoms with Gasteiger partial charge in [-0.2, -0.15) is 0 Å². The largest absolute Gasteiger partial charge is 0.381 e. The van der Waals surface area contributed by atoms with Crippen molar-refractivity contribution in [2.75, 3.05) is 33.4 Å². The minimum Gasteiger partial charge on any atom is -0.381 e. The van der Waals surface area contributed by atoms with Crippen molar-refractivity contribution in [3.8, 4) is 0 Å². The van der Waals surface area contributed by atoms with Crippen LogP contribution in [-0.2, 0) is 9.53 Å². The Labute approximate surface area is 133 Å². The number of ether oxygens (including phenoxy) is 1. The highest BCUT2D eigenvalue weighted by atomic mass is 16.5. The highest BCUT2D eigenvalue weighted by molar-refractivity contribution is 5.79. The van der Waals surface area contributed by atoms with Crippen LogP contribution >= 0.6 is 0 Å². The number of nitrogens with one attached hydrogen (secondary N) is 3. The number of hydrogen-bond acceptors (Lipinski definition) is 3. The fourth-order valence-corrected chi connectivity index (χ4v) is 2.12. The molecule has 0 aromatic heterocycles. The molecule has 6 nitrogen and oxygen atoms in total. The quantitative estimate of drug-likeness (QED) is 0.303. The molecular formula is C16H30N4O2. The van der Waals surface area contributed by atoms with Crippen molar-refractivity contribution < 1.29 is 9.53 Å². The molecule has 2 aliphatic carbocycles. The van der Waals surface area contributed by atoms with Crippen LogP contribution in [0.15, 0.2) is 4.99 Å². The summed E-state index contributed by atoms with van der Waals surface area (Å²) in [5.41, 5.74) is 0. The highest BCUT2D eigenvalue weighted by Gasteiger charge is 2.22. The normalized spacial score (nSPS) is 18.1. The zero-order valence-corrected chi connectivity index (χ0v) is 13.7. The van der Waals surface area contributed by atoms with Crippen molar-refractivity contribution in [3.05, 3.63) is 0 Å². The SMILES string of the molecule is CN=C(NCCCOCC1CC1)NCCCC(=O)NC1CC1. The lowest BCUT2D eigenvalue weighted by molar-refractivity contribution is -0.121. The summed E-state index contributed by atoms with van der Waals surface area (Å²) >= 11 is 0. The molecule has 6 heteroatoms. The smallest absolute Gasteiger partial charge is 0.220 e. The number of aliphatic imine (C=N–C) groups is 1. The van der Waals surface area contributed by atoms with Crippen LogP contribution in [0.25, 0.3) is 0 Å². The van der Waals surface area contributed by atoms with Crippen LogP contribution in [0.3, 0.4) is 0 Å². The first-order chi connectivity index (χ1) is 10.8. The monoisotopic (exact) mass is 310 g/mol. The number of amides is 1. The molecule has 2 aliphatic rings. The molecule has 3 N–H and O–H groups in total. The first kappa shape index (κ1) is 17.1. The fraction of sp³-hybridized carbons (Fsp3) is 0.875. The van der Waals surface area contributed by atoms with Gasteiger partial charge in [0.2, 0.25) is 5.91 Å². The van der Waals surface area contributed by atoms with Crippen molar-refractivity contribution in [2.45, 2.75) is 51.0 Å². The van der Waals surface area contributed by atoms with Gasteiger partial charge in [-0.3, -0.25) is 9.79 Å². The summed E-state index contributed by atoms with van der Waals surface area (Å²) in [7, 11) is 1.76. The van der Waals surface area contributed by atoms with Gasteiger partial charge in [-0.25, -0.2) is 0 Å². The van der Waals surface area contributed by atoms with E-state index < -0.39 is 0 Å². The Kier molecular flexibility index (Phi) is 7.49. The Bertz CT molecular complexity index is 365. The molecule has 0 heterocycles. The maximum Gasteiger partial charge on any atom is 0.220 e. The third-order valence-corrected chi connectivity index (χ3v) is 3.85. The average Bonchev–Trinajstić information content (AvgIpc) is 3.40. The summed E-state index contributed by atoms with van der Waals surface area (Å²) in [5, 5.41) is 9.49. The van der Waals surface area contributed by atoms with Crippen LogP contribution in [0.5, 0.6) is 0 Å². The zero-order chi connectivity index (χ0) is 15.6. The van der Waals surface area contributed by atoms with Crippen LogP contribution in [0.4, 0.5) is 0 Å². The Balaban J connectivity index is 1.39. The van der Waals surface area contributed by atoms with Crippen molar-refractivity contribution in [1.82, 2.24) is 16.0 Å². The van der Waals surface area contributed by atoms with Crippen LogP contribution < -0.4 is 16.0 Å². The van der Waals surface area contributed by atoms with Crippen molar-refractivity contribution in [1.29, 1.82) is 0 Å². The molecule has 0 saturated heterocycles. The number of rotatable bonds is 11. The van der Waals surface area contributed by atoms with Crippen molar-refractivity contribution >= 4 is 11.9 Å². The third kappa shape index (κ3) is 8.22. The van der Waals surface area contributed by atoms with Crippen molar-refractivity contribution in [3.63, 3.8) is 0 Å². The van der Waals surface area contributed by atoms with Crippen LogP contribution in [0.2, 0.25) is 0 Å². The molecule has 0 aliphatic heterocycles. The summed E-state index contributed by atoms with van der Waals surface area (Å²) in [5.74, 6) is 1.80. The van der Waals surface area contributed by atoms with Gasteiger partial charge in [-0.1, -0.05) is 0 Å². The van der Waals surface area contributed by atoms with E-state index in [2.05, 4.69) is 20.9 Å². The van der Waals surface area contributed by atoms with E-state index in [1.165, 1.54) is 12.8 Å².